The summed E-state index contributed by atoms with van der Waals surface area (Å²) in [5.41, 5.74) is -0.448. The Morgan fingerprint density at radius 1 is 1.31 bits per heavy atom. The van der Waals surface area contributed by atoms with Crippen molar-refractivity contribution in [1.29, 1.82) is 0 Å². The highest BCUT2D eigenvalue weighted by Crippen LogP contribution is 2.22. The van der Waals surface area contributed by atoms with E-state index in [1.165, 1.54) is 0 Å². The fraction of sp³-hybridized carbons (Fsp3) is 0.833. The van der Waals surface area contributed by atoms with Crippen molar-refractivity contribution in [2.75, 3.05) is 32.7 Å². The van der Waals surface area contributed by atoms with Gasteiger partial charge in [-0.3, -0.25) is 19.6 Å². The monoisotopic (exact) mass is 370 g/mol. The van der Waals surface area contributed by atoms with E-state index in [2.05, 4.69) is 10.6 Å². The number of carbonyl (C=O) groups excluding carboxylic acids is 3. The summed E-state index contributed by atoms with van der Waals surface area (Å²) < 4.78 is 0. The van der Waals surface area contributed by atoms with Crippen LogP contribution in [0, 0.1) is 11.3 Å². The highest BCUT2D eigenvalue weighted by molar-refractivity contribution is 5.89. The molecule has 1 aliphatic rings. The van der Waals surface area contributed by atoms with E-state index in [0.29, 0.717) is 31.0 Å². The lowest BCUT2D eigenvalue weighted by Gasteiger charge is -2.37. The second-order valence-corrected chi connectivity index (χ2v) is 7.95. The van der Waals surface area contributed by atoms with E-state index < -0.39 is 17.4 Å². The molecule has 0 aromatic rings. The van der Waals surface area contributed by atoms with Crippen LogP contribution in [0.25, 0.3) is 0 Å². The minimum Gasteiger partial charge on any atom is -0.344 e. The first-order valence-electron chi connectivity index (χ1n) is 9.41. The predicted octanol–water partition coefficient (Wildman–Crippen LogP) is 0.603. The third kappa shape index (κ3) is 6.92. The van der Waals surface area contributed by atoms with E-state index in [9.17, 15) is 19.6 Å². The molecule has 1 aliphatic heterocycles. The Balaban J connectivity index is 2.87. The molecule has 2 atom stereocenters. The van der Waals surface area contributed by atoms with Gasteiger partial charge in [-0.1, -0.05) is 40.5 Å². The van der Waals surface area contributed by atoms with E-state index in [-0.39, 0.29) is 18.4 Å². The molecule has 8 nitrogen and oxygen atoms in total. The van der Waals surface area contributed by atoms with Gasteiger partial charge in [0.05, 0.1) is 12.5 Å². The summed E-state index contributed by atoms with van der Waals surface area (Å²) in [6.07, 6.45) is 2.54. The number of piperazine rings is 1. The molecule has 1 fully saturated rings. The fourth-order valence-corrected chi connectivity index (χ4v) is 3.00. The number of hydrogen-bond acceptors (Lipinski definition) is 5. The molecule has 3 amide bonds. The van der Waals surface area contributed by atoms with Gasteiger partial charge in [-0.15, -0.1) is 0 Å². The average molecular weight is 370 g/mol. The van der Waals surface area contributed by atoms with Crippen molar-refractivity contribution in [3.05, 3.63) is 0 Å². The van der Waals surface area contributed by atoms with Crippen molar-refractivity contribution in [1.82, 2.24) is 20.6 Å². The first-order valence-corrected chi connectivity index (χ1v) is 9.41. The van der Waals surface area contributed by atoms with Gasteiger partial charge in [-0.05, 0) is 11.8 Å². The van der Waals surface area contributed by atoms with Crippen LogP contribution in [0.5, 0.6) is 0 Å². The van der Waals surface area contributed by atoms with E-state index in [1.807, 2.05) is 27.7 Å². The molecule has 150 valence electrons. The Morgan fingerprint density at radius 3 is 2.42 bits per heavy atom. The summed E-state index contributed by atoms with van der Waals surface area (Å²) in [4.78, 5) is 38.2. The zero-order valence-electron chi connectivity index (χ0n) is 16.5. The number of hydroxylamine groups is 2. The fourth-order valence-electron chi connectivity index (χ4n) is 3.00. The van der Waals surface area contributed by atoms with Crippen LogP contribution in [-0.4, -0.2) is 72.2 Å². The van der Waals surface area contributed by atoms with Gasteiger partial charge >= 0.3 is 0 Å². The molecule has 1 heterocycles. The van der Waals surface area contributed by atoms with Crippen LogP contribution < -0.4 is 10.6 Å². The number of unbranched alkanes of at least 4 members (excludes halogenated alkanes) is 1. The number of nitrogens with one attached hydrogen (secondary N) is 2. The molecule has 0 aromatic carbocycles. The summed E-state index contributed by atoms with van der Waals surface area (Å²) >= 11 is 0. The van der Waals surface area contributed by atoms with E-state index in [1.54, 1.807) is 4.90 Å². The van der Waals surface area contributed by atoms with Gasteiger partial charge in [-0.2, -0.15) is 0 Å². The smallest absolute Gasteiger partial charge is 0.245 e. The predicted molar refractivity (Wildman–Crippen MR) is 98.4 cm³/mol. The molecule has 8 heteroatoms. The summed E-state index contributed by atoms with van der Waals surface area (Å²) in [5, 5.41) is 16.1. The number of rotatable bonds is 9. The van der Waals surface area contributed by atoms with Gasteiger partial charge in [0, 0.05) is 26.2 Å². The third-order valence-electron chi connectivity index (χ3n) is 4.63. The van der Waals surface area contributed by atoms with Crippen LogP contribution in [0.3, 0.4) is 0 Å². The first-order chi connectivity index (χ1) is 12.2. The molecule has 1 saturated heterocycles. The lowest BCUT2D eigenvalue weighted by Crippen LogP contribution is -2.59. The van der Waals surface area contributed by atoms with Crippen molar-refractivity contribution >= 4 is 18.2 Å². The quantitative estimate of drug-likeness (QED) is 0.313. The Morgan fingerprint density at radius 2 is 1.92 bits per heavy atom. The largest absolute Gasteiger partial charge is 0.344 e. The average Bonchev–Trinajstić information content (AvgIpc) is 2.61. The Hall–Kier alpha value is -1.67. The maximum absolute atomic E-state index is 13.0. The summed E-state index contributed by atoms with van der Waals surface area (Å²) in [6, 6.07) is -0.652. The molecule has 0 bridgehead atoms. The van der Waals surface area contributed by atoms with Crippen molar-refractivity contribution in [3.63, 3.8) is 0 Å². The summed E-state index contributed by atoms with van der Waals surface area (Å²) in [5.74, 6) is -0.939. The Kier molecular flexibility index (Phi) is 9.01. The Labute approximate surface area is 156 Å². The second-order valence-electron chi connectivity index (χ2n) is 7.95. The SMILES string of the molecule is CCCC[C@H](CN(O)C=O)C(=O)NC(C(=O)N1CCNCC1)C(C)(C)C. The van der Waals surface area contributed by atoms with Crippen LogP contribution in [0.4, 0.5) is 0 Å². The zero-order chi connectivity index (χ0) is 19.7. The normalized spacial score (nSPS) is 17.3. The second kappa shape index (κ2) is 10.5. The molecule has 3 N–H and O–H groups in total. The number of carbonyl (C=O) groups is 3. The summed E-state index contributed by atoms with van der Waals surface area (Å²) in [7, 11) is 0. The van der Waals surface area contributed by atoms with E-state index >= 15 is 0 Å². The van der Waals surface area contributed by atoms with E-state index in [0.717, 1.165) is 25.9 Å². The van der Waals surface area contributed by atoms with Gasteiger partial charge in [0.2, 0.25) is 18.2 Å². The van der Waals surface area contributed by atoms with Gasteiger partial charge in [-0.25, -0.2) is 5.06 Å². The maximum atomic E-state index is 13.0. The zero-order valence-corrected chi connectivity index (χ0v) is 16.5. The van der Waals surface area contributed by atoms with Crippen molar-refractivity contribution in [3.8, 4) is 0 Å². The molecular formula is C18H34N4O4. The number of amides is 3. The van der Waals surface area contributed by atoms with Crippen LogP contribution in [0.1, 0.15) is 47.0 Å². The van der Waals surface area contributed by atoms with Crippen LogP contribution >= 0.6 is 0 Å². The molecule has 0 radical (unpaired) electrons. The van der Waals surface area contributed by atoms with Gasteiger partial charge in [0.25, 0.3) is 0 Å². The summed E-state index contributed by atoms with van der Waals surface area (Å²) in [6.45, 7) is 10.4. The van der Waals surface area contributed by atoms with Crippen molar-refractivity contribution in [2.45, 2.75) is 53.0 Å². The number of nitrogens with zero attached hydrogens (tertiary/aromatic N) is 2. The standard InChI is InChI=1S/C18H34N4O4/c1-5-6-7-14(12-22(26)13-23)16(24)20-15(18(2,3)4)17(25)21-10-8-19-9-11-21/h13-15,19,26H,5-12H2,1-4H3,(H,20,24)/t14-,15?/m1/s1. The first kappa shape index (κ1) is 22.4. The van der Waals surface area contributed by atoms with Gasteiger partial charge in [0.15, 0.2) is 0 Å². The van der Waals surface area contributed by atoms with Gasteiger partial charge < -0.3 is 15.5 Å². The lowest BCUT2D eigenvalue weighted by molar-refractivity contribution is -0.155. The van der Waals surface area contributed by atoms with E-state index in [4.69, 9.17) is 0 Å². The van der Waals surface area contributed by atoms with Crippen molar-refractivity contribution < 1.29 is 19.6 Å². The molecule has 0 aromatic heterocycles. The van der Waals surface area contributed by atoms with Crippen LogP contribution in [0.2, 0.25) is 0 Å². The molecule has 0 saturated carbocycles. The highest BCUT2D eigenvalue weighted by Gasteiger charge is 2.37. The molecular weight excluding hydrogens is 336 g/mol. The topological polar surface area (TPSA) is 102 Å². The molecule has 1 unspecified atom stereocenters. The lowest BCUT2D eigenvalue weighted by atomic mass is 9.85. The van der Waals surface area contributed by atoms with Crippen LogP contribution in [0.15, 0.2) is 0 Å². The minimum absolute atomic E-state index is 0.0754. The van der Waals surface area contributed by atoms with Crippen molar-refractivity contribution in [2.24, 2.45) is 11.3 Å². The highest BCUT2D eigenvalue weighted by atomic mass is 16.5. The molecule has 1 rings (SSSR count). The number of hydrogen-bond donors (Lipinski definition) is 3. The van der Waals surface area contributed by atoms with Crippen LogP contribution in [-0.2, 0) is 14.4 Å². The molecule has 0 aliphatic carbocycles. The maximum Gasteiger partial charge on any atom is 0.245 e. The molecule has 0 spiro atoms. The third-order valence-corrected chi connectivity index (χ3v) is 4.63. The van der Waals surface area contributed by atoms with Gasteiger partial charge in [0.1, 0.15) is 6.04 Å². The molecule has 26 heavy (non-hydrogen) atoms. The minimum atomic E-state index is -0.652. The Bertz CT molecular complexity index is 472.